The van der Waals surface area contributed by atoms with Crippen LogP contribution in [-0.4, -0.2) is 5.78 Å². The Labute approximate surface area is 133 Å². The first-order valence-corrected chi connectivity index (χ1v) is 7.67. The van der Waals surface area contributed by atoms with E-state index in [0.29, 0.717) is 6.42 Å². The molecule has 0 unspecified atom stereocenters. The normalized spacial score (nSPS) is 18.2. The number of hydrogen-bond acceptors (Lipinski definition) is 2. The molecule has 0 N–H and O–H groups in total. The number of ketones is 1. The van der Waals surface area contributed by atoms with E-state index >= 15 is 0 Å². The number of furan rings is 1. The van der Waals surface area contributed by atoms with Gasteiger partial charge in [-0.3, -0.25) is 4.79 Å². The summed E-state index contributed by atoms with van der Waals surface area (Å²) in [5, 5.41) is 1.03. The van der Waals surface area contributed by atoms with E-state index in [1.165, 1.54) is 12.1 Å². The first kappa shape index (κ1) is 13.9. The van der Waals surface area contributed by atoms with Gasteiger partial charge in [-0.25, -0.2) is 4.39 Å². The van der Waals surface area contributed by atoms with Crippen LogP contribution >= 0.6 is 0 Å². The number of para-hydroxylation sites is 1. The molecule has 3 heteroatoms. The molecule has 1 atom stereocenters. The fraction of sp³-hybridized carbons (Fsp3) is 0.150. The predicted octanol–water partition coefficient (Wildman–Crippen LogP) is 5.10. The molecule has 0 bridgehead atoms. The van der Waals surface area contributed by atoms with Crippen LogP contribution in [0.3, 0.4) is 0 Å². The first-order valence-electron chi connectivity index (χ1n) is 7.67. The van der Waals surface area contributed by atoms with Crippen LogP contribution in [0.2, 0.25) is 0 Å². The molecule has 1 aliphatic rings. The SMILES string of the molecule is O=C1C=C(c2cc3ccccc3o2)C[C@@H](c2ccc(F)cc2)C1. The van der Waals surface area contributed by atoms with Crippen LogP contribution in [0.25, 0.3) is 16.5 Å². The predicted molar refractivity (Wildman–Crippen MR) is 87.6 cm³/mol. The summed E-state index contributed by atoms with van der Waals surface area (Å²) in [5.41, 5.74) is 2.72. The lowest BCUT2D eigenvalue weighted by Gasteiger charge is -2.21. The topological polar surface area (TPSA) is 30.2 Å². The molecule has 2 nitrogen and oxygen atoms in total. The van der Waals surface area contributed by atoms with E-state index in [9.17, 15) is 9.18 Å². The second-order valence-electron chi connectivity index (χ2n) is 5.94. The summed E-state index contributed by atoms with van der Waals surface area (Å²) in [6, 6.07) is 16.2. The van der Waals surface area contributed by atoms with Crippen molar-refractivity contribution in [2.45, 2.75) is 18.8 Å². The molecule has 0 saturated heterocycles. The molecule has 4 rings (SSSR count). The molecule has 2 aromatic carbocycles. The van der Waals surface area contributed by atoms with Crippen LogP contribution < -0.4 is 0 Å². The third-order valence-corrected chi connectivity index (χ3v) is 4.33. The van der Waals surface area contributed by atoms with Gasteiger partial charge in [-0.2, -0.15) is 0 Å². The van der Waals surface area contributed by atoms with Crippen molar-refractivity contribution in [3.63, 3.8) is 0 Å². The van der Waals surface area contributed by atoms with Crippen molar-refractivity contribution in [2.75, 3.05) is 0 Å². The lowest BCUT2D eigenvalue weighted by molar-refractivity contribution is -0.115. The third-order valence-electron chi connectivity index (χ3n) is 4.33. The van der Waals surface area contributed by atoms with Gasteiger partial charge in [-0.1, -0.05) is 30.3 Å². The Hall–Kier alpha value is -2.68. The highest BCUT2D eigenvalue weighted by Crippen LogP contribution is 2.37. The molecule has 0 fully saturated rings. The van der Waals surface area contributed by atoms with Crippen molar-refractivity contribution in [1.29, 1.82) is 0 Å². The lowest BCUT2D eigenvalue weighted by Crippen LogP contribution is -2.12. The van der Waals surface area contributed by atoms with Crippen LogP contribution in [0.1, 0.15) is 30.1 Å². The summed E-state index contributed by atoms with van der Waals surface area (Å²) in [5.74, 6) is 0.632. The second kappa shape index (κ2) is 5.51. The van der Waals surface area contributed by atoms with Crippen LogP contribution in [-0.2, 0) is 4.79 Å². The van der Waals surface area contributed by atoms with Gasteiger partial charge < -0.3 is 4.42 Å². The van der Waals surface area contributed by atoms with E-state index in [-0.39, 0.29) is 17.5 Å². The molecule has 0 spiro atoms. The quantitative estimate of drug-likeness (QED) is 0.659. The highest BCUT2D eigenvalue weighted by atomic mass is 19.1. The van der Waals surface area contributed by atoms with Gasteiger partial charge in [0.2, 0.25) is 0 Å². The summed E-state index contributed by atoms with van der Waals surface area (Å²) >= 11 is 0. The standard InChI is InChI=1S/C20H15FO2/c21-17-7-5-13(6-8-17)15-9-16(11-18(22)10-15)20-12-14-3-1-2-4-19(14)23-20/h1-8,11-12,15H,9-10H2/t15-/m1/s1. The van der Waals surface area contributed by atoms with Crippen molar-refractivity contribution in [1.82, 2.24) is 0 Å². The van der Waals surface area contributed by atoms with E-state index < -0.39 is 0 Å². The molecule has 3 aromatic rings. The fourth-order valence-electron chi connectivity index (χ4n) is 3.18. The molecule has 0 amide bonds. The number of fused-ring (bicyclic) bond motifs is 1. The number of hydrogen-bond donors (Lipinski definition) is 0. The number of allylic oxidation sites excluding steroid dienone is 2. The Morgan fingerprint density at radius 3 is 2.57 bits per heavy atom. The number of rotatable bonds is 2. The summed E-state index contributed by atoms with van der Waals surface area (Å²) < 4.78 is 19.0. The van der Waals surface area contributed by atoms with Gasteiger partial charge in [0.15, 0.2) is 5.78 Å². The van der Waals surface area contributed by atoms with Crippen LogP contribution in [0.5, 0.6) is 0 Å². The monoisotopic (exact) mass is 306 g/mol. The Balaban J connectivity index is 1.68. The Bertz CT molecular complexity index is 870. The molecule has 0 radical (unpaired) electrons. The van der Waals surface area contributed by atoms with Gasteiger partial charge in [0.05, 0.1) is 0 Å². The largest absolute Gasteiger partial charge is 0.456 e. The minimum atomic E-state index is -0.260. The van der Waals surface area contributed by atoms with E-state index in [4.69, 9.17) is 4.42 Å². The van der Waals surface area contributed by atoms with Gasteiger partial charge >= 0.3 is 0 Å². The van der Waals surface area contributed by atoms with E-state index in [1.807, 2.05) is 30.3 Å². The van der Waals surface area contributed by atoms with Crippen molar-refractivity contribution in [2.24, 2.45) is 0 Å². The maximum atomic E-state index is 13.1. The lowest BCUT2D eigenvalue weighted by atomic mass is 9.82. The number of carbonyl (C=O) groups is 1. The minimum Gasteiger partial charge on any atom is -0.456 e. The van der Waals surface area contributed by atoms with Gasteiger partial charge in [0, 0.05) is 11.8 Å². The zero-order chi connectivity index (χ0) is 15.8. The summed E-state index contributed by atoms with van der Waals surface area (Å²) in [6.45, 7) is 0. The van der Waals surface area contributed by atoms with Crippen molar-refractivity contribution >= 4 is 22.3 Å². The fourth-order valence-corrected chi connectivity index (χ4v) is 3.18. The third kappa shape index (κ3) is 2.70. The molecule has 114 valence electrons. The van der Waals surface area contributed by atoms with Crippen LogP contribution in [0.4, 0.5) is 4.39 Å². The highest BCUT2D eigenvalue weighted by Gasteiger charge is 2.24. The molecule has 0 aliphatic heterocycles. The Kier molecular flexibility index (Phi) is 3.34. The number of carbonyl (C=O) groups excluding carboxylic acids is 1. The highest BCUT2D eigenvalue weighted by molar-refractivity contribution is 5.99. The van der Waals surface area contributed by atoms with E-state index in [0.717, 1.165) is 34.3 Å². The second-order valence-corrected chi connectivity index (χ2v) is 5.94. The smallest absolute Gasteiger partial charge is 0.156 e. The maximum absolute atomic E-state index is 13.1. The molecule has 1 aliphatic carbocycles. The molecule has 0 saturated carbocycles. The van der Waals surface area contributed by atoms with Gasteiger partial charge in [0.25, 0.3) is 0 Å². The Morgan fingerprint density at radius 1 is 1.00 bits per heavy atom. The summed E-state index contributed by atoms with van der Waals surface area (Å²) in [6.07, 6.45) is 2.85. The van der Waals surface area contributed by atoms with Gasteiger partial charge in [-0.05, 0) is 53.8 Å². The first-order chi connectivity index (χ1) is 11.2. The number of benzene rings is 2. The zero-order valence-corrected chi connectivity index (χ0v) is 12.5. The molecule has 1 heterocycles. The van der Waals surface area contributed by atoms with E-state index in [1.54, 1.807) is 18.2 Å². The number of halogens is 1. The minimum absolute atomic E-state index is 0.0660. The molecular weight excluding hydrogens is 291 g/mol. The van der Waals surface area contributed by atoms with Crippen LogP contribution in [0.15, 0.2) is 65.1 Å². The summed E-state index contributed by atoms with van der Waals surface area (Å²) in [7, 11) is 0. The summed E-state index contributed by atoms with van der Waals surface area (Å²) in [4.78, 5) is 12.1. The maximum Gasteiger partial charge on any atom is 0.156 e. The van der Waals surface area contributed by atoms with Gasteiger partial charge in [0.1, 0.15) is 17.2 Å². The average molecular weight is 306 g/mol. The van der Waals surface area contributed by atoms with Crippen molar-refractivity contribution in [3.8, 4) is 0 Å². The van der Waals surface area contributed by atoms with Crippen molar-refractivity contribution in [3.05, 3.63) is 77.8 Å². The van der Waals surface area contributed by atoms with Gasteiger partial charge in [-0.15, -0.1) is 0 Å². The van der Waals surface area contributed by atoms with Crippen LogP contribution in [0, 0.1) is 5.82 Å². The Morgan fingerprint density at radius 2 is 1.78 bits per heavy atom. The zero-order valence-electron chi connectivity index (χ0n) is 12.5. The molecule has 23 heavy (non-hydrogen) atoms. The van der Waals surface area contributed by atoms with E-state index in [2.05, 4.69) is 0 Å². The molecule has 1 aromatic heterocycles. The molecular formula is C20H15FO2. The van der Waals surface area contributed by atoms with Crippen molar-refractivity contribution < 1.29 is 13.6 Å². The average Bonchev–Trinajstić information content (AvgIpc) is 2.99.